The van der Waals surface area contributed by atoms with Crippen molar-refractivity contribution in [1.82, 2.24) is 15.0 Å². The van der Waals surface area contributed by atoms with Crippen LogP contribution >= 0.6 is 0 Å². The van der Waals surface area contributed by atoms with Crippen molar-refractivity contribution >= 4 is 17.0 Å². The summed E-state index contributed by atoms with van der Waals surface area (Å²) < 4.78 is 5.95. The molecule has 0 atom stereocenters. The molecule has 1 aromatic heterocycles. The van der Waals surface area contributed by atoms with E-state index in [0.29, 0.717) is 0 Å². The zero-order chi connectivity index (χ0) is 22.6. The molecule has 2 aromatic carbocycles. The average molecular weight is 444 g/mol. The van der Waals surface area contributed by atoms with Crippen molar-refractivity contribution in [2.75, 3.05) is 27.2 Å². The molecule has 0 unspecified atom stereocenters. The fraction of sp³-hybridized carbons (Fsp3) is 0.483. The standard InChI is InChI=1S/C29H37N3O/c1-31(2)21-27-25(12-10-22-8-9-22)13-14-26-28(30-33-29(26)27)15-11-23-16-18-32(19-17-23)20-24-6-4-3-5-7-24/h3-7,10,12-14,22-23H,8-9,11,15-21H2,1-2H3/b12-10+. The Bertz CT molecular complexity index is 1070. The summed E-state index contributed by atoms with van der Waals surface area (Å²) in [7, 11) is 4.24. The summed E-state index contributed by atoms with van der Waals surface area (Å²) in [5.41, 5.74) is 6.08. The van der Waals surface area contributed by atoms with E-state index in [1.165, 1.54) is 67.3 Å². The topological polar surface area (TPSA) is 32.5 Å². The van der Waals surface area contributed by atoms with Crippen molar-refractivity contribution < 1.29 is 4.52 Å². The maximum atomic E-state index is 5.95. The number of hydrogen-bond donors (Lipinski definition) is 0. The summed E-state index contributed by atoms with van der Waals surface area (Å²) in [5, 5.41) is 5.74. The number of hydrogen-bond acceptors (Lipinski definition) is 4. The molecule has 0 spiro atoms. The normalized spacial score (nSPS) is 18.2. The Hall–Kier alpha value is -2.43. The van der Waals surface area contributed by atoms with Gasteiger partial charge in [0, 0.05) is 24.0 Å². The van der Waals surface area contributed by atoms with E-state index < -0.39 is 0 Å². The lowest BCUT2D eigenvalue weighted by atomic mass is 9.90. The van der Waals surface area contributed by atoms with Gasteiger partial charge in [-0.15, -0.1) is 0 Å². The summed E-state index contributed by atoms with van der Waals surface area (Å²) in [6.45, 7) is 4.34. The van der Waals surface area contributed by atoms with Crippen LogP contribution in [0, 0.1) is 11.8 Å². The van der Waals surface area contributed by atoms with Crippen LogP contribution in [0.15, 0.2) is 53.1 Å². The van der Waals surface area contributed by atoms with Gasteiger partial charge in [0.15, 0.2) is 5.58 Å². The van der Waals surface area contributed by atoms with Gasteiger partial charge in [0.2, 0.25) is 0 Å². The zero-order valence-electron chi connectivity index (χ0n) is 20.2. The number of allylic oxidation sites excluding steroid dienone is 1. The highest BCUT2D eigenvalue weighted by molar-refractivity contribution is 5.85. The molecule has 0 N–H and O–H groups in total. The van der Waals surface area contributed by atoms with Gasteiger partial charge in [0.25, 0.3) is 0 Å². The van der Waals surface area contributed by atoms with Crippen LogP contribution in [-0.2, 0) is 19.5 Å². The predicted octanol–water partition coefficient (Wildman–Crippen LogP) is 6.16. The van der Waals surface area contributed by atoms with Crippen LogP contribution < -0.4 is 0 Å². The van der Waals surface area contributed by atoms with E-state index in [1.54, 1.807) is 0 Å². The summed E-state index contributed by atoms with van der Waals surface area (Å²) in [4.78, 5) is 4.82. The molecular weight excluding hydrogens is 406 g/mol. The number of fused-ring (bicyclic) bond motifs is 1. The molecular formula is C29H37N3O. The molecule has 0 radical (unpaired) electrons. The second-order valence-corrected chi connectivity index (χ2v) is 10.3. The first kappa shape index (κ1) is 22.4. The predicted molar refractivity (Wildman–Crippen MR) is 136 cm³/mol. The van der Waals surface area contributed by atoms with Crippen molar-refractivity contribution in [3.63, 3.8) is 0 Å². The van der Waals surface area contributed by atoms with Gasteiger partial charge in [0.1, 0.15) is 0 Å². The van der Waals surface area contributed by atoms with Crippen LogP contribution in [0.2, 0.25) is 0 Å². The van der Waals surface area contributed by atoms with E-state index in [2.05, 4.69) is 83.7 Å². The maximum absolute atomic E-state index is 5.95. The fourth-order valence-corrected chi connectivity index (χ4v) is 5.08. The third kappa shape index (κ3) is 5.74. The van der Waals surface area contributed by atoms with E-state index in [0.717, 1.165) is 42.6 Å². The molecule has 2 fully saturated rings. The summed E-state index contributed by atoms with van der Waals surface area (Å²) in [5.74, 6) is 1.56. The fourth-order valence-electron chi connectivity index (χ4n) is 5.08. The minimum Gasteiger partial charge on any atom is -0.356 e. The van der Waals surface area contributed by atoms with Crippen LogP contribution in [0.1, 0.15) is 54.5 Å². The molecule has 4 nitrogen and oxygen atoms in total. The molecule has 5 rings (SSSR count). The molecule has 174 valence electrons. The Morgan fingerprint density at radius 1 is 1.03 bits per heavy atom. The van der Waals surface area contributed by atoms with E-state index in [4.69, 9.17) is 4.52 Å². The highest BCUT2D eigenvalue weighted by Crippen LogP contribution is 2.33. The molecule has 1 aliphatic carbocycles. The molecule has 1 aliphatic heterocycles. The van der Waals surface area contributed by atoms with Crippen LogP contribution in [0.5, 0.6) is 0 Å². The second kappa shape index (κ2) is 10.2. The number of piperidine rings is 1. The Morgan fingerprint density at radius 3 is 2.55 bits per heavy atom. The average Bonchev–Trinajstić information content (AvgIpc) is 3.56. The second-order valence-electron chi connectivity index (χ2n) is 10.3. The lowest BCUT2D eigenvalue weighted by molar-refractivity contribution is 0.172. The Kier molecular flexibility index (Phi) is 6.93. The largest absolute Gasteiger partial charge is 0.356 e. The monoisotopic (exact) mass is 443 g/mol. The van der Waals surface area contributed by atoms with Gasteiger partial charge in [-0.3, -0.25) is 4.90 Å². The highest BCUT2D eigenvalue weighted by Gasteiger charge is 2.22. The minimum atomic E-state index is 0.775. The zero-order valence-corrected chi connectivity index (χ0v) is 20.2. The van der Waals surface area contributed by atoms with E-state index in [9.17, 15) is 0 Å². The van der Waals surface area contributed by atoms with Crippen molar-refractivity contribution in [3.05, 3.63) is 70.9 Å². The first-order chi connectivity index (χ1) is 16.2. The Balaban J connectivity index is 1.21. The quantitative estimate of drug-likeness (QED) is 0.397. The SMILES string of the molecule is CN(C)Cc1c(/C=C/C2CC2)ccc2c(CCC3CCN(Cc4ccccc4)CC3)noc12. The first-order valence-electron chi connectivity index (χ1n) is 12.6. The van der Waals surface area contributed by atoms with Gasteiger partial charge in [-0.05, 0) is 94.7 Å². The third-order valence-corrected chi connectivity index (χ3v) is 7.24. The Morgan fingerprint density at radius 2 is 1.82 bits per heavy atom. The van der Waals surface area contributed by atoms with Gasteiger partial charge in [-0.1, -0.05) is 53.7 Å². The first-order valence-corrected chi connectivity index (χ1v) is 12.6. The number of aryl methyl sites for hydroxylation is 1. The lowest BCUT2D eigenvalue weighted by Crippen LogP contribution is -2.33. The smallest absolute Gasteiger partial charge is 0.172 e. The molecule has 1 saturated carbocycles. The van der Waals surface area contributed by atoms with Crippen LogP contribution in [-0.4, -0.2) is 42.1 Å². The molecule has 0 bridgehead atoms. The number of nitrogens with zero attached hydrogens (tertiary/aromatic N) is 3. The van der Waals surface area contributed by atoms with Gasteiger partial charge in [-0.2, -0.15) is 0 Å². The van der Waals surface area contributed by atoms with Crippen molar-refractivity contribution in [3.8, 4) is 0 Å². The molecule has 2 aliphatic rings. The van der Waals surface area contributed by atoms with Crippen molar-refractivity contribution in [2.24, 2.45) is 11.8 Å². The van der Waals surface area contributed by atoms with Gasteiger partial charge >= 0.3 is 0 Å². The minimum absolute atomic E-state index is 0.775. The lowest BCUT2D eigenvalue weighted by Gasteiger charge is -2.31. The van der Waals surface area contributed by atoms with Gasteiger partial charge in [-0.25, -0.2) is 0 Å². The van der Waals surface area contributed by atoms with E-state index in [1.807, 2.05) is 0 Å². The van der Waals surface area contributed by atoms with E-state index >= 15 is 0 Å². The highest BCUT2D eigenvalue weighted by atomic mass is 16.5. The van der Waals surface area contributed by atoms with Crippen molar-refractivity contribution in [2.45, 2.75) is 51.6 Å². The summed E-state index contributed by atoms with van der Waals surface area (Å²) in [6, 6.07) is 15.3. The molecule has 4 heteroatoms. The number of rotatable bonds is 9. The van der Waals surface area contributed by atoms with Crippen LogP contribution in [0.4, 0.5) is 0 Å². The molecule has 33 heavy (non-hydrogen) atoms. The Labute approximate surface area is 198 Å². The van der Waals surface area contributed by atoms with Crippen molar-refractivity contribution in [1.29, 1.82) is 0 Å². The number of aromatic nitrogens is 1. The van der Waals surface area contributed by atoms with Crippen LogP contribution in [0.25, 0.3) is 17.0 Å². The number of benzene rings is 2. The number of likely N-dealkylation sites (tertiary alicyclic amines) is 1. The van der Waals surface area contributed by atoms with Gasteiger partial charge in [0.05, 0.1) is 5.69 Å². The molecule has 3 aromatic rings. The summed E-state index contributed by atoms with van der Waals surface area (Å²) in [6.07, 6.45) is 12.1. The van der Waals surface area contributed by atoms with Gasteiger partial charge < -0.3 is 9.42 Å². The third-order valence-electron chi connectivity index (χ3n) is 7.24. The van der Waals surface area contributed by atoms with E-state index in [-0.39, 0.29) is 0 Å². The molecule has 0 amide bonds. The summed E-state index contributed by atoms with van der Waals surface area (Å²) >= 11 is 0. The maximum Gasteiger partial charge on any atom is 0.172 e. The molecule has 2 heterocycles. The van der Waals surface area contributed by atoms with Crippen LogP contribution in [0.3, 0.4) is 0 Å². The molecule has 1 saturated heterocycles.